The van der Waals surface area contributed by atoms with Gasteiger partial charge < -0.3 is 5.73 Å². The Morgan fingerprint density at radius 3 is 2.25 bits per heavy atom. The molecule has 9 heteroatoms. The fourth-order valence-electron chi connectivity index (χ4n) is 2.72. The number of hydrogen-bond acceptors (Lipinski definition) is 5. The van der Waals surface area contributed by atoms with Crippen LogP contribution in [0.15, 0.2) is 77.7 Å². The zero-order valence-corrected chi connectivity index (χ0v) is 16.0. The molecule has 0 fully saturated rings. The molecule has 3 aromatic rings. The number of nitrogen functional groups attached to an aromatic ring is 1. The van der Waals surface area contributed by atoms with Gasteiger partial charge in [-0.3, -0.25) is 10.1 Å². The molecule has 3 rings (SSSR count). The maximum Gasteiger partial charge on any atom is 0.269 e. The van der Waals surface area contributed by atoms with Crippen LogP contribution in [-0.2, 0) is 10.0 Å². The lowest BCUT2D eigenvalue weighted by atomic mass is 9.98. The lowest BCUT2D eigenvalue weighted by Gasteiger charge is -2.21. The van der Waals surface area contributed by atoms with Crippen LogP contribution < -0.4 is 10.5 Å². The molecule has 0 amide bonds. The molecule has 144 valence electrons. The van der Waals surface area contributed by atoms with Crippen molar-refractivity contribution in [2.24, 2.45) is 0 Å². The minimum absolute atomic E-state index is 0.0976. The second kappa shape index (κ2) is 7.97. The number of nitro groups is 1. The minimum atomic E-state index is -4.00. The Morgan fingerprint density at radius 2 is 1.64 bits per heavy atom. The number of anilines is 1. The molecular formula is C19H16ClN3O4S. The van der Waals surface area contributed by atoms with E-state index < -0.39 is 21.0 Å². The van der Waals surface area contributed by atoms with Crippen LogP contribution >= 0.6 is 11.6 Å². The van der Waals surface area contributed by atoms with Crippen molar-refractivity contribution in [3.8, 4) is 0 Å². The average molecular weight is 418 g/mol. The Labute approximate surface area is 167 Å². The maximum absolute atomic E-state index is 12.9. The van der Waals surface area contributed by atoms with Crippen molar-refractivity contribution >= 4 is 33.0 Å². The Balaban J connectivity index is 2.04. The highest BCUT2D eigenvalue weighted by molar-refractivity contribution is 7.89. The van der Waals surface area contributed by atoms with Crippen LogP contribution in [-0.4, -0.2) is 13.3 Å². The van der Waals surface area contributed by atoms with Gasteiger partial charge in [0.25, 0.3) is 5.69 Å². The standard InChI is InChI=1S/C19H16ClN3O4S/c20-14-6-11-18(21)17(12-14)19(13-4-2-1-3-5-13)22-28(26,27)16-9-7-15(8-10-16)23(24)25/h1-12,19,22H,21H2/t19-/m1/s1. The maximum atomic E-state index is 12.9. The zero-order valence-electron chi connectivity index (χ0n) is 14.4. The summed E-state index contributed by atoms with van der Waals surface area (Å²) in [5.41, 5.74) is 7.42. The fourth-order valence-corrected chi connectivity index (χ4v) is 4.11. The molecule has 0 spiro atoms. The van der Waals surface area contributed by atoms with E-state index in [2.05, 4.69) is 4.72 Å². The summed E-state index contributed by atoms with van der Waals surface area (Å²) in [6.45, 7) is 0. The Hall–Kier alpha value is -2.94. The van der Waals surface area contributed by atoms with Crippen LogP contribution in [0.25, 0.3) is 0 Å². The van der Waals surface area contributed by atoms with Gasteiger partial charge in [0, 0.05) is 22.8 Å². The summed E-state index contributed by atoms with van der Waals surface area (Å²) in [5.74, 6) is 0. The van der Waals surface area contributed by atoms with Gasteiger partial charge in [-0.2, -0.15) is 4.72 Å². The molecular weight excluding hydrogens is 402 g/mol. The summed E-state index contributed by atoms with van der Waals surface area (Å²) in [4.78, 5) is 10.1. The van der Waals surface area contributed by atoms with Crippen molar-refractivity contribution < 1.29 is 13.3 Å². The number of nitrogens with one attached hydrogen (secondary N) is 1. The first-order chi connectivity index (χ1) is 13.3. The summed E-state index contributed by atoms with van der Waals surface area (Å²) in [6, 6.07) is 17.6. The molecule has 0 radical (unpaired) electrons. The molecule has 28 heavy (non-hydrogen) atoms. The summed E-state index contributed by atoms with van der Waals surface area (Å²) < 4.78 is 28.4. The first-order valence-corrected chi connectivity index (χ1v) is 10.0. The molecule has 0 aliphatic rings. The first kappa shape index (κ1) is 19.8. The number of rotatable bonds is 6. The molecule has 1 atom stereocenters. The molecule has 0 unspecified atom stereocenters. The van der Waals surface area contributed by atoms with Crippen LogP contribution in [0, 0.1) is 10.1 Å². The highest BCUT2D eigenvalue weighted by Gasteiger charge is 2.25. The van der Waals surface area contributed by atoms with Crippen molar-refractivity contribution in [2.75, 3.05) is 5.73 Å². The SMILES string of the molecule is Nc1ccc(Cl)cc1[C@H](NS(=O)(=O)c1ccc([N+](=O)[O-])cc1)c1ccccc1. The van der Waals surface area contributed by atoms with Gasteiger partial charge in [-0.1, -0.05) is 41.9 Å². The van der Waals surface area contributed by atoms with E-state index in [0.717, 1.165) is 12.1 Å². The second-order valence-corrected chi connectivity index (χ2v) is 8.14. The second-order valence-electron chi connectivity index (χ2n) is 5.99. The van der Waals surface area contributed by atoms with Crippen LogP contribution in [0.5, 0.6) is 0 Å². The molecule has 0 bridgehead atoms. The van der Waals surface area contributed by atoms with Gasteiger partial charge in [-0.05, 0) is 41.5 Å². The molecule has 0 saturated carbocycles. The van der Waals surface area contributed by atoms with Crippen LogP contribution in [0.3, 0.4) is 0 Å². The van der Waals surface area contributed by atoms with E-state index in [9.17, 15) is 18.5 Å². The third kappa shape index (κ3) is 4.30. The number of benzene rings is 3. The number of nitrogens with two attached hydrogens (primary N) is 1. The van der Waals surface area contributed by atoms with E-state index in [4.69, 9.17) is 17.3 Å². The van der Waals surface area contributed by atoms with Crippen LogP contribution in [0.2, 0.25) is 5.02 Å². The summed E-state index contributed by atoms with van der Waals surface area (Å²) in [6.07, 6.45) is 0. The normalized spacial score (nSPS) is 12.5. The molecule has 7 nitrogen and oxygen atoms in total. The molecule has 0 heterocycles. The fraction of sp³-hybridized carbons (Fsp3) is 0.0526. The van der Waals surface area contributed by atoms with E-state index >= 15 is 0 Å². The van der Waals surface area contributed by atoms with Gasteiger partial charge in [-0.25, -0.2) is 8.42 Å². The van der Waals surface area contributed by atoms with Gasteiger partial charge in [0.1, 0.15) is 0 Å². The van der Waals surface area contributed by atoms with Crippen molar-refractivity contribution in [1.82, 2.24) is 4.72 Å². The predicted octanol–water partition coefficient (Wildman–Crippen LogP) is 3.90. The van der Waals surface area contributed by atoms with E-state index in [0.29, 0.717) is 21.8 Å². The monoisotopic (exact) mass is 417 g/mol. The molecule has 3 aromatic carbocycles. The molecule has 0 aliphatic carbocycles. The predicted molar refractivity (Wildman–Crippen MR) is 108 cm³/mol. The van der Waals surface area contributed by atoms with Gasteiger partial charge in [-0.15, -0.1) is 0 Å². The largest absolute Gasteiger partial charge is 0.398 e. The lowest BCUT2D eigenvalue weighted by Crippen LogP contribution is -2.30. The van der Waals surface area contributed by atoms with Gasteiger partial charge in [0.05, 0.1) is 15.9 Å². The Bertz CT molecular complexity index is 1100. The minimum Gasteiger partial charge on any atom is -0.398 e. The number of non-ortho nitro benzene ring substituents is 1. The third-order valence-electron chi connectivity index (χ3n) is 4.12. The van der Waals surface area contributed by atoms with Gasteiger partial charge in [0.15, 0.2) is 0 Å². The zero-order chi connectivity index (χ0) is 20.3. The van der Waals surface area contributed by atoms with Crippen molar-refractivity contribution in [2.45, 2.75) is 10.9 Å². The molecule has 0 aromatic heterocycles. The van der Waals surface area contributed by atoms with Crippen LogP contribution in [0.1, 0.15) is 17.2 Å². The van der Waals surface area contributed by atoms with Gasteiger partial charge in [0.2, 0.25) is 10.0 Å². The Kier molecular flexibility index (Phi) is 5.64. The third-order valence-corrected chi connectivity index (χ3v) is 5.80. The smallest absolute Gasteiger partial charge is 0.269 e. The van der Waals surface area contributed by atoms with Crippen molar-refractivity contribution in [1.29, 1.82) is 0 Å². The van der Waals surface area contributed by atoms with Crippen molar-refractivity contribution in [3.05, 3.63) is 99.1 Å². The first-order valence-electron chi connectivity index (χ1n) is 8.14. The lowest BCUT2D eigenvalue weighted by molar-refractivity contribution is -0.384. The van der Waals surface area contributed by atoms with E-state index in [1.54, 1.807) is 42.5 Å². The number of hydrogen-bond donors (Lipinski definition) is 2. The van der Waals surface area contributed by atoms with E-state index in [-0.39, 0.29) is 10.6 Å². The number of nitrogens with zero attached hydrogens (tertiary/aromatic N) is 1. The van der Waals surface area contributed by atoms with Crippen molar-refractivity contribution in [3.63, 3.8) is 0 Å². The number of nitro benzene ring substituents is 1. The number of halogens is 1. The molecule has 3 N–H and O–H groups in total. The number of sulfonamides is 1. The summed E-state index contributed by atoms with van der Waals surface area (Å²) in [5, 5.41) is 11.2. The quantitative estimate of drug-likeness (QED) is 0.358. The highest BCUT2D eigenvalue weighted by atomic mass is 35.5. The highest BCUT2D eigenvalue weighted by Crippen LogP contribution is 2.31. The van der Waals surface area contributed by atoms with E-state index in [1.807, 2.05) is 6.07 Å². The summed E-state index contributed by atoms with van der Waals surface area (Å²) >= 11 is 6.09. The topological polar surface area (TPSA) is 115 Å². The molecule has 0 aliphatic heterocycles. The van der Waals surface area contributed by atoms with Crippen LogP contribution in [0.4, 0.5) is 11.4 Å². The summed E-state index contributed by atoms with van der Waals surface area (Å²) in [7, 11) is -4.00. The molecule has 0 saturated heterocycles. The van der Waals surface area contributed by atoms with E-state index in [1.165, 1.54) is 12.1 Å². The van der Waals surface area contributed by atoms with Gasteiger partial charge >= 0.3 is 0 Å². The average Bonchev–Trinajstić information content (AvgIpc) is 2.69. The Morgan fingerprint density at radius 1 is 1.00 bits per heavy atom.